The molecule has 0 atom stereocenters. The zero-order valence-electron chi connectivity index (χ0n) is 10.7. The van der Waals surface area contributed by atoms with Crippen molar-refractivity contribution in [3.63, 3.8) is 0 Å². The number of anilines is 2. The van der Waals surface area contributed by atoms with Gasteiger partial charge >= 0.3 is 6.03 Å². The van der Waals surface area contributed by atoms with Crippen molar-refractivity contribution in [3.8, 4) is 0 Å². The minimum atomic E-state index is -0.893. The average molecular weight is 341 g/mol. The number of nitrogens with two attached hydrogens (primary N) is 3. The van der Waals surface area contributed by atoms with Crippen molar-refractivity contribution in [2.45, 2.75) is 0 Å². The van der Waals surface area contributed by atoms with Crippen LogP contribution in [-0.2, 0) is 0 Å². The Morgan fingerprint density at radius 1 is 1.19 bits per heavy atom. The van der Waals surface area contributed by atoms with Crippen molar-refractivity contribution in [1.82, 2.24) is 20.6 Å². The highest BCUT2D eigenvalue weighted by atomic mass is 35.5. The lowest BCUT2D eigenvalue weighted by Gasteiger charge is -2.09. The van der Waals surface area contributed by atoms with Gasteiger partial charge in [-0.05, 0) is 0 Å². The Bertz CT molecular complexity index is 565. The molecule has 0 radical (unpaired) electrons. The first-order valence-electron chi connectivity index (χ1n) is 4.78. The molecule has 1 heterocycles. The van der Waals surface area contributed by atoms with Gasteiger partial charge < -0.3 is 22.7 Å². The van der Waals surface area contributed by atoms with E-state index in [1.54, 1.807) is 0 Å². The molecule has 1 rings (SSSR count). The Morgan fingerprint density at radius 3 is 2.24 bits per heavy atom. The number of aromatic nitrogens is 2. The van der Waals surface area contributed by atoms with Gasteiger partial charge in [0.2, 0.25) is 5.96 Å². The third-order valence-corrected chi connectivity index (χ3v) is 2.10. The number of aliphatic imine (C=N–C) groups is 1. The normalized spacial score (nSPS) is 9.90. The summed E-state index contributed by atoms with van der Waals surface area (Å²) in [5, 5.41) is 4.14. The fourth-order valence-electron chi connectivity index (χ4n) is 1.04. The summed E-state index contributed by atoms with van der Waals surface area (Å²) in [6, 6.07) is -0.893. The number of hydrogen-bond donors (Lipinski definition) is 5. The van der Waals surface area contributed by atoms with E-state index in [9.17, 15) is 9.59 Å². The zero-order valence-corrected chi connectivity index (χ0v) is 12.2. The van der Waals surface area contributed by atoms with E-state index in [4.69, 9.17) is 28.8 Å². The van der Waals surface area contributed by atoms with Crippen molar-refractivity contribution in [2.24, 2.45) is 10.7 Å². The lowest BCUT2D eigenvalue weighted by atomic mass is 10.4. The third kappa shape index (κ3) is 5.64. The van der Waals surface area contributed by atoms with E-state index < -0.39 is 11.9 Å². The van der Waals surface area contributed by atoms with Gasteiger partial charge in [-0.25, -0.2) is 14.8 Å². The van der Waals surface area contributed by atoms with Gasteiger partial charge in [-0.1, -0.05) is 11.6 Å². The molecule has 0 fully saturated rings. The van der Waals surface area contributed by atoms with Crippen LogP contribution in [0.3, 0.4) is 0 Å². The summed E-state index contributed by atoms with van der Waals surface area (Å²) in [5.74, 6) is -1.27. The Labute approximate surface area is 130 Å². The molecule has 0 aliphatic carbocycles. The number of carbonyl (C=O) groups excluding carboxylic acids is 2. The predicted molar refractivity (Wildman–Crippen MR) is 80.3 cm³/mol. The van der Waals surface area contributed by atoms with Crippen LogP contribution >= 0.6 is 24.0 Å². The Balaban J connectivity index is 0. The molecule has 3 amide bonds. The number of carbonyl (C=O) groups is 2. The average Bonchev–Trinajstić information content (AvgIpc) is 2.32. The molecule has 1 aromatic rings. The molecule has 0 unspecified atom stereocenters. The van der Waals surface area contributed by atoms with E-state index in [1.807, 2.05) is 0 Å². The number of halogens is 2. The second-order valence-electron chi connectivity index (χ2n) is 3.15. The predicted octanol–water partition coefficient (Wildman–Crippen LogP) is -1.72. The number of nitrogen functional groups attached to an aromatic ring is 2. The minimum Gasteiger partial charge on any atom is -0.412 e. The van der Waals surface area contributed by atoms with E-state index in [1.165, 1.54) is 7.05 Å². The SMILES string of the molecule is CN=C(NC(N)=O)NC(=O)c1nc(Cl)c(N)nc1N.Cl.O. The largest absolute Gasteiger partial charge is 0.412 e. The van der Waals surface area contributed by atoms with Gasteiger partial charge in [0.15, 0.2) is 22.5 Å². The number of nitrogens with one attached hydrogen (secondary N) is 2. The molecule has 0 aromatic carbocycles. The highest BCUT2D eigenvalue weighted by Gasteiger charge is 2.17. The van der Waals surface area contributed by atoms with Crippen LogP contribution in [-0.4, -0.2) is 40.4 Å². The van der Waals surface area contributed by atoms with Crippen LogP contribution in [0.1, 0.15) is 10.5 Å². The molecule has 13 heteroatoms. The summed E-state index contributed by atoms with van der Waals surface area (Å²) in [7, 11) is 1.33. The summed E-state index contributed by atoms with van der Waals surface area (Å²) in [6.45, 7) is 0. The lowest BCUT2D eigenvalue weighted by molar-refractivity contribution is 0.0972. The number of guanidine groups is 1. The molecule has 0 saturated heterocycles. The molecule has 0 aliphatic rings. The zero-order chi connectivity index (χ0) is 14.6. The molecule has 0 aliphatic heterocycles. The standard InChI is InChI=1S/C8H11ClN8O2.ClH.H2O/c1-13-8(17-7(12)19)16-6(18)2-4(10)15-5(11)3(9)14-2;;/h1H3,(H4,10,11,15)(H4,12,13,16,17,18,19);1H;1H2. The summed E-state index contributed by atoms with van der Waals surface area (Å²) >= 11 is 5.63. The lowest BCUT2D eigenvalue weighted by Crippen LogP contribution is -2.46. The smallest absolute Gasteiger partial charge is 0.318 e. The molecule has 1 aromatic heterocycles. The molecule has 11 nitrogen and oxygen atoms in total. The topological polar surface area (TPSA) is 206 Å². The maximum atomic E-state index is 11.8. The number of nitrogens with zero attached hydrogens (tertiary/aromatic N) is 3. The van der Waals surface area contributed by atoms with Crippen molar-refractivity contribution in [1.29, 1.82) is 0 Å². The van der Waals surface area contributed by atoms with Crippen LogP contribution in [0.25, 0.3) is 0 Å². The molecule has 10 N–H and O–H groups in total. The number of rotatable bonds is 1. The summed E-state index contributed by atoms with van der Waals surface area (Å²) in [5.41, 5.74) is 15.5. The fourth-order valence-corrected chi connectivity index (χ4v) is 1.16. The number of urea groups is 1. The molecular weight excluding hydrogens is 327 g/mol. The Kier molecular flexibility index (Phi) is 8.71. The van der Waals surface area contributed by atoms with Crippen LogP contribution in [0, 0.1) is 0 Å². The van der Waals surface area contributed by atoms with Crippen LogP contribution < -0.4 is 27.8 Å². The second-order valence-corrected chi connectivity index (χ2v) is 3.51. The molecule has 21 heavy (non-hydrogen) atoms. The summed E-state index contributed by atoms with van der Waals surface area (Å²) < 4.78 is 0. The van der Waals surface area contributed by atoms with E-state index in [0.29, 0.717) is 0 Å². The maximum Gasteiger partial charge on any atom is 0.318 e. The first kappa shape index (κ1) is 20.9. The minimum absolute atomic E-state index is 0. The number of primary amides is 1. The summed E-state index contributed by atoms with van der Waals surface area (Å²) in [6.07, 6.45) is 0. The van der Waals surface area contributed by atoms with Crippen molar-refractivity contribution < 1.29 is 15.1 Å². The maximum absolute atomic E-state index is 11.8. The Morgan fingerprint density at radius 2 is 1.76 bits per heavy atom. The first-order chi connectivity index (χ1) is 8.85. The van der Waals surface area contributed by atoms with Crippen molar-refractivity contribution in [2.75, 3.05) is 18.5 Å². The van der Waals surface area contributed by atoms with E-state index in [-0.39, 0.29) is 46.3 Å². The van der Waals surface area contributed by atoms with Crippen LogP contribution in [0.15, 0.2) is 4.99 Å². The molecular formula is C8H14Cl2N8O3. The second kappa shape index (κ2) is 8.73. The van der Waals surface area contributed by atoms with Gasteiger partial charge in [0, 0.05) is 7.05 Å². The first-order valence-corrected chi connectivity index (χ1v) is 5.16. The quantitative estimate of drug-likeness (QED) is 0.296. The fraction of sp³-hybridized carbons (Fsp3) is 0.125. The van der Waals surface area contributed by atoms with Gasteiger partial charge in [-0.2, -0.15) is 0 Å². The van der Waals surface area contributed by atoms with Gasteiger partial charge in [-0.3, -0.25) is 20.4 Å². The molecule has 0 saturated carbocycles. The molecule has 0 bridgehead atoms. The molecule has 118 valence electrons. The van der Waals surface area contributed by atoms with E-state index in [2.05, 4.69) is 25.6 Å². The molecule has 0 spiro atoms. The number of hydrogen-bond acceptors (Lipinski definition) is 7. The van der Waals surface area contributed by atoms with E-state index in [0.717, 1.165) is 0 Å². The number of amides is 3. The monoisotopic (exact) mass is 340 g/mol. The highest BCUT2D eigenvalue weighted by Crippen LogP contribution is 2.16. The van der Waals surface area contributed by atoms with Crippen LogP contribution in [0.2, 0.25) is 5.15 Å². The van der Waals surface area contributed by atoms with Crippen molar-refractivity contribution >= 4 is 53.5 Å². The Hall–Kier alpha value is -2.37. The highest BCUT2D eigenvalue weighted by molar-refractivity contribution is 6.31. The third-order valence-electron chi connectivity index (χ3n) is 1.82. The van der Waals surface area contributed by atoms with Gasteiger partial charge in [-0.15, -0.1) is 12.4 Å². The van der Waals surface area contributed by atoms with Crippen LogP contribution in [0.5, 0.6) is 0 Å². The van der Waals surface area contributed by atoms with E-state index >= 15 is 0 Å². The van der Waals surface area contributed by atoms with Crippen LogP contribution in [0.4, 0.5) is 16.4 Å². The van der Waals surface area contributed by atoms with Gasteiger partial charge in [0.05, 0.1) is 0 Å². The summed E-state index contributed by atoms with van der Waals surface area (Å²) in [4.78, 5) is 33.4. The van der Waals surface area contributed by atoms with Crippen molar-refractivity contribution in [3.05, 3.63) is 10.8 Å². The van der Waals surface area contributed by atoms with Gasteiger partial charge in [0.1, 0.15) is 0 Å². The van der Waals surface area contributed by atoms with Gasteiger partial charge in [0.25, 0.3) is 5.91 Å².